The van der Waals surface area contributed by atoms with E-state index in [0.717, 1.165) is 31.2 Å². The lowest BCUT2D eigenvalue weighted by Crippen LogP contribution is -2.40. The van der Waals surface area contributed by atoms with Crippen molar-refractivity contribution in [1.82, 2.24) is 20.6 Å². The SMILES string of the molecule is Cc1ccc(NC(=O)Nc2cc(-c3cc(F)ccc3-c3nnn[nH]3)c(F)cc2N(CC(C)C)C2CCCCC2)cc1. The van der Waals surface area contributed by atoms with E-state index in [1.54, 1.807) is 6.07 Å². The summed E-state index contributed by atoms with van der Waals surface area (Å²) < 4.78 is 30.6. The summed E-state index contributed by atoms with van der Waals surface area (Å²) >= 11 is 0. The van der Waals surface area contributed by atoms with Gasteiger partial charge in [-0.15, -0.1) is 5.10 Å². The predicted octanol–water partition coefficient (Wildman–Crippen LogP) is 7.56. The molecule has 10 heteroatoms. The van der Waals surface area contributed by atoms with E-state index < -0.39 is 17.7 Å². The number of aryl methyl sites for hydroxylation is 1. The number of hydrogen-bond acceptors (Lipinski definition) is 5. The number of urea groups is 1. The van der Waals surface area contributed by atoms with Gasteiger partial charge in [-0.3, -0.25) is 0 Å². The van der Waals surface area contributed by atoms with Crippen LogP contribution < -0.4 is 15.5 Å². The third-order valence-electron chi connectivity index (χ3n) is 7.40. The van der Waals surface area contributed by atoms with Crippen LogP contribution in [0.15, 0.2) is 54.6 Å². The Labute approximate surface area is 238 Å². The number of hydrogen-bond donors (Lipinski definition) is 3. The molecule has 1 saturated carbocycles. The molecule has 1 aliphatic carbocycles. The van der Waals surface area contributed by atoms with Gasteiger partial charge in [0.1, 0.15) is 11.6 Å². The number of benzene rings is 3. The molecule has 3 N–H and O–H groups in total. The molecule has 1 fully saturated rings. The number of carbonyl (C=O) groups excluding carboxylic acids is 1. The first-order valence-electron chi connectivity index (χ1n) is 14.1. The van der Waals surface area contributed by atoms with E-state index in [2.05, 4.69) is 50.0 Å². The number of H-pyrrole nitrogens is 1. The van der Waals surface area contributed by atoms with E-state index in [4.69, 9.17) is 0 Å². The minimum absolute atomic E-state index is 0.124. The number of nitrogens with zero attached hydrogens (tertiary/aromatic N) is 4. The van der Waals surface area contributed by atoms with Gasteiger partial charge >= 0.3 is 6.03 Å². The molecule has 0 spiro atoms. The van der Waals surface area contributed by atoms with Crippen molar-refractivity contribution < 1.29 is 13.6 Å². The zero-order chi connectivity index (χ0) is 28.9. The van der Waals surface area contributed by atoms with Crippen molar-refractivity contribution >= 4 is 23.1 Å². The van der Waals surface area contributed by atoms with Gasteiger partial charge in [0.25, 0.3) is 0 Å². The second kappa shape index (κ2) is 12.4. The Morgan fingerprint density at radius 1 is 0.976 bits per heavy atom. The smallest absolute Gasteiger partial charge is 0.323 e. The Balaban J connectivity index is 1.61. The first-order chi connectivity index (χ1) is 19.8. The lowest BCUT2D eigenvalue weighted by Gasteiger charge is -2.38. The quantitative estimate of drug-likeness (QED) is 0.207. The average Bonchev–Trinajstić information content (AvgIpc) is 3.49. The molecule has 3 aromatic carbocycles. The first kappa shape index (κ1) is 28.2. The monoisotopic (exact) mass is 559 g/mol. The second-order valence-electron chi connectivity index (χ2n) is 11.1. The van der Waals surface area contributed by atoms with Crippen molar-refractivity contribution in [1.29, 1.82) is 0 Å². The number of halogens is 2. The van der Waals surface area contributed by atoms with Crippen LogP contribution in [0.3, 0.4) is 0 Å². The van der Waals surface area contributed by atoms with Gasteiger partial charge in [-0.1, -0.05) is 50.8 Å². The standard InChI is InChI=1S/C31H35F2N7O/c1-19(2)18-40(23-7-5-4-6-8-23)29-17-27(33)26(25-15-21(32)11-14-24(25)30-36-38-39-37-30)16-28(29)35-31(41)34-22-12-9-20(3)10-13-22/h9-17,19,23H,4-8,18H2,1-3H3,(H2,34,35,41)(H,36,37,38,39). The zero-order valence-electron chi connectivity index (χ0n) is 23.5. The lowest BCUT2D eigenvalue weighted by molar-refractivity contribution is 0.262. The summed E-state index contributed by atoms with van der Waals surface area (Å²) in [4.78, 5) is 15.5. The highest BCUT2D eigenvalue weighted by molar-refractivity contribution is 6.03. The van der Waals surface area contributed by atoms with Gasteiger partial charge in [0, 0.05) is 29.4 Å². The Hall–Kier alpha value is -4.34. The molecule has 0 aliphatic heterocycles. The number of rotatable bonds is 8. The molecule has 0 atom stereocenters. The van der Waals surface area contributed by atoms with Crippen molar-refractivity contribution in [2.24, 2.45) is 5.92 Å². The molecule has 4 aromatic rings. The maximum Gasteiger partial charge on any atom is 0.323 e. The molecule has 5 rings (SSSR count). The van der Waals surface area contributed by atoms with Crippen LogP contribution in [0.4, 0.5) is 30.6 Å². The molecule has 1 aliphatic rings. The van der Waals surface area contributed by atoms with E-state index in [1.165, 1.54) is 30.7 Å². The molecular formula is C31H35F2N7O. The second-order valence-corrected chi connectivity index (χ2v) is 11.1. The molecule has 1 aromatic heterocycles. The summed E-state index contributed by atoms with van der Waals surface area (Å²) in [7, 11) is 0. The van der Waals surface area contributed by atoms with Gasteiger partial charge in [-0.25, -0.2) is 18.7 Å². The zero-order valence-corrected chi connectivity index (χ0v) is 23.5. The maximum atomic E-state index is 16.1. The Morgan fingerprint density at radius 2 is 1.73 bits per heavy atom. The van der Waals surface area contributed by atoms with Crippen molar-refractivity contribution in [3.8, 4) is 22.5 Å². The third kappa shape index (κ3) is 6.70. The van der Waals surface area contributed by atoms with Crippen molar-refractivity contribution in [2.45, 2.75) is 58.9 Å². The topological polar surface area (TPSA) is 98.8 Å². The molecule has 0 bridgehead atoms. The van der Waals surface area contributed by atoms with E-state index in [0.29, 0.717) is 35.1 Å². The van der Waals surface area contributed by atoms with Crippen LogP contribution in [0.2, 0.25) is 0 Å². The number of carbonyl (C=O) groups is 1. The fourth-order valence-corrected chi connectivity index (χ4v) is 5.48. The van der Waals surface area contributed by atoms with Crippen molar-refractivity contribution in [3.05, 3.63) is 71.8 Å². The minimum atomic E-state index is -0.534. The summed E-state index contributed by atoms with van der Waals surface area (Å²) in [6.07, 6.45) is 5.39. The average molecular weight is 560 g/mol. The van der Waals surface area contributed by atoms with Gasteiger partial charge in [0.2, 0.25) is 0 Å². The van der Waals surface area contributed by atoms with Gasteiger partial charge in [0.15, 0.2) is 5.82 Å². The number of aromatic nitrogens is 4. The van der Waals surface area contributed by atoms with Gasteiger partial charge in [-0.05, 0) is 84.1 Å². The molecule has 0 radical (unpaired) electrons. The molecule has 214 valence electrons. The van der Waals surface area contributed by atoms with Gasteiger partial charge in [0.05, 0.1) is 11.4 Å². The van der Waals surface area contributed by atoms with E-state index in [1.807, 2.05) is 31.2 Å². The molecule has 0 saturated heterocycles. The fraction of sp³-hybridized carbons (Fsp3) is 0.355. The third-order valence-corrected chi connectivity index (χ3v) is 7.40. The first-order valence-corrected chi connectivity index (χ1v) is 14.1. The number of nitrogens with one attached hydrogen (secondary N) is 3. The highest BCUT2D eigenvalue weighted by Crippen LogP contribution is 2.40. The highest BCUT2D eigenvalue weighted by Gasteiger charge is 2.27. The lowest BCUT2D eigenvalue weighted by atomic mass is 9.92. The van der Waals surface area contributed by atoms with Crippen LogP contribution in [0.5, 0.6) is 0 Å². The Bertz CT molecular complexity index is 1480. The van der Waals surface area contributed by atoms with Crippen LogP contribution in [-0.4, -0.2) is 39.2 Å². The summed E-state index contributed by atoms with van der Waals surface area (Å²) in [6.45, 7) is 6.93. The van der Waals surface area contributed by atoms with Crippen LogP contribution in [-0.2, 0) is 0 Å². The largest absolute Gasteiger partial charge is 0.367 e. The summed E-state index contributed by atoms with van der Waals surface area (Å²) in [6, 6.07) is 14.3. The van der Waals surface area contributed by atoms with E-state index in [9.17, 15) is 9.18 Å². The molecule has 0 unspecified atom stereocenters. The van der Waals surface area contributed by atoms with Crippen LogP contribution in [0.1, 0.15) is 51.5 Å². The van der Waals surface area contributed by atoms with Gasteiger partial charge < -0.3 is 15.5 Å². The molecule has 2 amide bonds. The number of tetrazole rings is 1. The maximum absolute atomic E-state index is 16.1. The molecule has 8 nitrogen and oxygen atoms in total. The molecule has 1 heterocycles. The fourth-order valence-electron chi connectivity index (χ4n) is 5.48. The van der Waals surface area contributed by atoms with Crippen LogP contribution in [0, 0.1) is 24.5 Å². The van der Waals surface area contributed by atoms with Crippen molar-refractivity contribution in [2.75, 3.05) is 22.1 Å². The molecule has 41 heavy (non-hydrogen) atoms. The predicted molar refractivity (Wildman–Crippen MR) is 158 cm³/mol. The Morgan fingerprint density at radius 3 is 2.41 bits per heavy atom. The Kier molecular flexibility index (Phi) is 8.56. The van der Waals surface area contributed by atoms with Crippen LogP contribution >= 0.6 is 0 Å². The van der Waals surface area contributed by atoms with E-state index >= 15 is 4.39 Å². The minimum Gasteiger partial charge on any atom is -0.367 e. The van der Waals surface area contributed by atoms with E-state index in [-0.39, 0.29) is 23.0 Å². The highest BCUT2D eigenvalue weighted by atomic mass is 19.1. The summed E-state index contributed by atoms with van der Waals surface area (Å²) in [5.41, 5.74) is 3.57. The molecular weight excluding hydrogens is 524 g/mol. The number of amides is 2. The van der Waals surface area contributed by atoms with Crippen LogP contribution in [0.25, 0.3) is 22.5 Å². The normalized spacial score (nSPS) is 13.8. The summed E-state index contributed by atoms with van der Waals surface area (Å²) in [5.74, 6) is -0.482. The number of anilines is 3. The van der Waals surface area contributed by atoms with Gasteiger partial charge in [-0.2, -0.15) is 0 Å². The summed E-state index contributed by atoms with van der Waals surface area (Å²) in [5, 5.41) is 19.7. The number of aromatic amines is 1. The van der Waals surface area contributed by atoms with Crippen molar-refractivity contribution in [3.63, 3.8) is 0 Å².